The summed E-state index contributed by atoms with van der Waals surface area (Å²) in [5.74, 6) is -3.83. The zero-order valence-corrected chi connectivity index (χ0v) is 16.0. The van der Waals surface area contributed by atoms with Gasteiger partial charge in [0, 0.05) is 24.7 Å². The topological polar surface area (TPSA) is 214 Å². The van der Waals surface area contributed by atoms with E-state index in [2.05, 4.69) is 20.6 Å². The maximum Gasteiger partial charge on any atom is 0.326 e. The highest BCUT2D eigenvalue weighted by molar-refractivity contribution is 5.92. The van der Waals surface area contributed by atoms with Gasteiger partial charge in [-0.05, 0) is 32.2 Å². The van der Waals surface area contributed by atoms with E-state index in [1.54, 1.807) is 0 Å². The number of hydrogen-bond acceptors (Lipinski definition) is 7. The molecule has 0 fully saturated rings. The van der Waals surface area contributed by atoms with Gasteiger partial charge in [-0.1, -0.05) is 0 Å². The maximum atomic E-state index is 12.5. The second kappa shape index (κ2) is 12.5. The molecule has 0 aliphatic rings. The van der Waals surface area contributed by atoms with E-state index in [0.29, 0.717) is 25.1 Å². The van der Waals surface area contributed by atoms with E-state index in [0.717, 1.165) is 0 Å². The number of nitrogens with one attached hydrogen (secondary N) is 3. The lowest BCUT2D eigenvalue weighted by Crippen LogP contribution is -2.54. The smallest absolute Gasteiger partial charge is 0.326 e. The molecule has 0 bridgehead atoms. The van der Waals surface area contributed by atoms with Gasteiger partial charge in [0.15, 0.2) is 0 Å². The van der Waals surface area contributed by atoms with Crippen LogP contribution in [0.1, 0.15) is 37.8 Å². The van der Waals surface area contributed by atoms with Crippen molar-refractivity contribution < 1.29 is 29.4 Å². The highest BCUT2D eigenvalue weighted by atomic mass is 16.4. The van der Waals surface area contributed by atoms with Crippen LogP contribution in [0.4, 0.5) is 0 Å². The first-order valence-corrected chi connectivity index (χ1v) is 9.22. The van der Waals surface area contributed by atoms with Gasteiger partial charge in [0.05, 0.1) is 12.4 Å². The van der Waals surface area contributed by atoms with Gasteiger partial charge in [-0.3, -0.25) is 14.4 Å². The zero-order chi connectivity index (χ0) is 21.8. The molecule has 162 valence electrons. The molecule has 9 N–H and O–H groups in total. The van der Waals surface area contributed by atoms with Crippen molar-refractivity contribution in [2.45, 2.75) is 56.7 Å². The number of H-pyrrole nitrogens is 1. The Balaban J connectivity index is 2.75. The average Bonchev–Trinajstić information content (AvgIpc) is 3.16. The van der Waals surface area contributed by atoms with Gasteiger partial charge < -0.3 is 37.3 Å². The molecule has 3 atom stereocenters. The Bertz CT molecular complexity index is 680. The summed E-state index contributed by atoms with van der Waals surface area (Å²) < 4.78 is 0. The van der Waals surface area contributed by atoms with Gasteiger partial charge in [-0.2, -0.15) is 0 Å². The maximum absolute atomic E-state index is 12.5. The van der Waals surface area contributed by atoms with Crippen molar-refractivity contribution in [3.8, 4) is 0 Å². The minimum Gasteiger partial charge on any atom is -0.481 e. The Hall–Kier alpha value is -2.99. The third kappa shape index (κ3) is 9.17. The number of carboxylic acid groups (broad SMARTS) is 2. The summed E-state index contributed by atoms with van der Waals surface area (Å²) in [5, 5.41) is 22.9. The second-order valence-corrected chi connectivity index (χ2v) is 6.56. The van der Waals surface area contributed by atoms with E-state index in [1.165, 1.54) is 12.5 Å². The van der Waals surface area contributed by atoms with Crippen LogP contribution < -0.4 is 22.1 Å². The van der Waals surface area contributed by atoms with E-state index in [4.69, 9.17) is 16.6 Å². The van der Waals surface area contributed by atoms with E-state index >= 15 is 0 Å². The van der Waals surface area contributed by atoms with E-state index < -0.39 is 41.9 Å². The molecule has 12 nitrogen and oxygen atoms in total. The molecule has 0 saturated heterocycles. The SMILES string of the molecule is NCCCCC(NC(=O)C(CCC(=O)O)NC(=O)C(N)Cc1cnc[nH]1)C(=O)O. The third-order valence-electron chi connectivity index (χ3n) is 4.17. The van der Waals surface area contributed by atoms with Crippen molar-refractivity contribution in [2.75, 3.05) is 6.54 Å². The molecule has 1 aromatic heterocycles. The average molecular weight is 412 g/mol. The fourth-order valence-electron chi connectivity index (χ4n) is 2.56. The van der Waals surface area contributed by atoms with Crippen LogP contribution in [0.25, 0.3) is 0 Å². The van der Waals surface area contributed by atoms with Crippen LogP contribution in [0.3, 0.4) is 0 Å². The summed E-state index contributed by atoms with van der Waals surface area (Å²) in [7, 11) is 0. The van der Waals surface area contributed by atoms with Crippen molar-refractivity contribution in [1.29, 1.82) is 0 Å². The summed E-state index contributed by atoms with van der Waals surface area (Å²) in [6, 6.07) is -3.41. The van der Waals surface area contributed by atoms with Crippen molar-refractivity contribution in [3.05, 3.63) is 18.2 Å². The standard InChI is InChI=1S/C17H28N6O6/c18-6-2-1-3-13(17(28)29)23-16(27)12(4-5-14(24)25)22-15(26)11(19)7-10-8-20-9-21-10/h8-9,11-13H,1-7,18-19H2,(H,20,21)(H,22,26)(H,23,27)(H,24,25)(H,28,29). The molecule has 0 radical (unpaired) electrons. The highest BCUT2D eigenvalue weighted by Crippen LogP contribution is 2.05. The lowest BCUT2D eigenvalue weighted by Gasteiger charge is -2.22. The number of hydrogen-bond donors (Lipinski definition) is 7. The molecule has 0 spiro atoms. The number of imidazole rings is 1. The molecule has 2 amide bonds. The molecule has 0 aliphatic heterocycles. The molecule has 0 aliphatic carbocycles. The summed E-state index contributed by atoms with van der Waals surface area (Å²) in [5.41, 5.74) is 11.8. The van der Waals surface area contributed by atoms with Gasteiger partial charge in [-0.15, -0.1) is 0 Å². The van der Waals surface area contributed by atoms with Gasteiger partial charge in [0.2, 0.25) is 11.8 Å². The predicted octanol–water partition coefficient (Wildman–Crippen LogP) is -1.67. The molecule has 12 heteroatoms. The first kappa shape index (κ1) is 24.0. The fraction of sp³-hybridized carbons (Fsp3) is 0.588. The van der Waals surface area contributed by atoms with Crippen molar-refractivity contribution in [2.24, 2.45) is 11.5 Å². The molecule has 0 aromatic carbocycles. The van der Waals surface area contributed by atoms with Gasteiger partial charge in [-0.25, -0.2) is 9.78 Å². The number of aromatic amines is 1. The minimum absolute atomic E-state index is 0.135. The molecule has 1 aromatic rings. The first-order valence-electron chi connectivity index (χ1n) is 9.22. The van der Waals surface area contributed by atoms with Crippen molar-refractivity contribution in [1.82, 2.24) is 20.6 Å². The Morgan fingerprint density at radius 1 is 1.07 bits per heavy atom. The van der Waals surface area contributed by atoms with Crippen LogP contribution in [0.15, 0.2) is 12.5 Å². The lowest BCUT2D eigenvalue weighted by atomic mass is 10.1. The minimum atomic E-state index is -1.23. The highest BCUT2D eigenvalue weighted by Gasteiger charge is 2.28. The number of carboxylic acids is 2. The third-order valence-corrected chi connectivity index (χ3v) is 4.17. The molecule has 1 rings (SSSR count). The summed E-state index contributed by atoms with van der Waals surface area (Å²) in [6.45, 7) is 0.395. The summed E-state index contributed by atoms with van der Waals surface area (Å²) in [4.78, 5) is 53.7. The lowest BCUT2D eigenvalue weighted by molar-refractivity contribution is -0.143. The zero-order valence-electron chi connectivity index (χ0n) is 16.0. The first-order chi connectivity index (χ1) is 13.7. The predicted molar refractivity (Wildman–Crippen MR) is 102 cm³/mol. The fourth-order valence-corrected chi connectivity index (χ4v) is 2.56. The number of nitrogens with two attached hydrogens (primary N) is 2. The van der Waals surface area contributed by atoms with Crippen molar-refractivity contribution >= 4 is 23.8 Å². The molecule has 3 unspecified atom stereocenters. The van der Waals surface area contributed by atoms with E-state index in [1.807, 2.05) is 0 Å². The quantitative estimate of drug-likeness (QED) is 0.174. The Morgan fingerprint density at radius 2 is 1.76 bits per heavy atom. The van der Waals surface area contributed by atoms with E-state index in [-0.39, 0.29) is 25.7 Å². The van der Waals surface area contributed by atoms with Crippen LogP contribution in [0.5, 0.6) is 0 Å². The van der Waals surface area contributed by atoms with Crippen LogP contribution in [-0.2, 0) is 25.6 Å². The van der Waals surface area contributed by atoms with Crippen LogP contribution in [0, 0.1) is 0 Å². The number of rotatable bonds is 14. The van der Waals surface area contributed by atoms with Crippen molar-refractivity contribution in [3.63, 3.8) is 0 Å². The van der Waals surface area contributed by atoms with E-state index in [9.17, 15) is 24.3 Å². The summed E-state index contributed by atoms with van der Waals surface area (Å²) in [6.07, 6.45) is 3.72. The van der Waals surface area contributed by atoms with Crippen LogP contribution in [-0.4, -0.2) is 68.6 Å². The number of carbonyl (C=O) groups is 4. The van der Waals surface area contributed by atoms with Crippen LogP contribution in [0.2, 0.25) is 0 Å². The molecule has 29 heavy (non-hydrogen) atoms. The number of nitrogens with zero attached hydrogens (tertiary/aromatic N) is 1. The van der Waals surface area contributed by atoms with Gasteiger partial charge in [0.1, 0.15) is 12.1 Å². The molecule has 0 saturated carbocycles. The number of carbonyl (C=O) groups excluding carboxylic acids is 2. The Labute approximate surface area is 167 Å². The number of amides is 2. The van der Waals surface area contributed by atoms with Crippen LogP contribution >= 0.6 is 0 Å². The molecular formula is C17H28N6O6. The normalized spacial score (nSPS) is 13.9. The molecule has 1 heterocycles. The van der Waals surface area contributed by atoms with Gasteiger partial charge in [0.25, 0.3) is 0 Å². The number of unbranched alkanes of at least 4 members (excludes halogenated alkanes) is 1. The number of aromatic nitrogens is 2. The van der Waals surface area contributed by atoms with Gasteiger partial charge >= 0.3 is 11.9 Å². The number of aliphatic carboxylic acids is 2. The Morgan fingerprint density at radius 3 is 2.31 bits per heavy atom. The summed E-state index contributed by atoms with van der Waals surface area (Å²) >= 11 is 0. The second-order valence-electron chi connectivity index (χ2n) is 6.56. The monoisotopic (exact) mass is 412 g/mol. The molecular weight excluding hydrogens is 384 g/mol. The Kier molecular flexibility index (Phi) is 10.3. The largest absolute Gasteiger partial charge is 0.481 e.